The van der Waals surface area contributed by atoms with Crippen LogP contribution in [-0.2, 0) is 5.41 Å². The smallest absolute Gasteiger partial charge is 0.0706 e. The van der Waals surface area contributed by atoms with Crippen molar-refractivity contribution in [2.45, 2.75) is 26.2 Å². The highest BCUT2D eigenvalue weighted by Crippen LogP contribution is 2.53. The number of fused-ring (bicyclic) bond motifs is 2. The Bertz CT molecular complexity index is 1240. The lowest BCUT2D eigenvalue weighted by atomic mass is 9.73. The first kappa shape index (κ1) is 20.5. The van der Waals surface area contributed by atoms with Gasteiger partial charge in [-0.3, -0.25) is 4.98 Å². The molecule has 0 unspecified atom stereocenters. The Balaban J connectivity index is 1.74. The number of nitrogens with zero attached hydrogens (tertiary/aromatic N) is 2. The van der Waals surface area contributed by atoms with Crippen LogP contribution < -0.4 is 4.90 Å². The van der Waals surface area contributed by atoms with Gasteiger partial charge in [-0.15, -0.1) is 0 Å². The molecule has 5 rings (SSSR count). The van der Waals surface area contributed by atoms with E-state index in [-0.39, 0.29) is 5.41 Å². The molecule has 0 radical (unpaired) electrons. The third-order valence-electron chi connectivity index (χ3n) is 6.11. The average Bonchev–Trinajstić information content (AvgIpc) is 2.76. The summed E-state index contributed by atoms with van der Waals surface area (Å²) in [4.78, 5) is 7.33. The summed E-state index contributed by atoms with van der Waals surface area (Å²) in [5.41, 5.74) is 9.07. The Hall–Kier alpha value is -2.43. The minimum Gasteiger partial charge on any atom is -0.308 e. The van der Waals surface area contributed by atoms with Gasteiger partial charge in [-0.2, -0.15) is 0 Å². The van der Waals surface area contributed by atoms with E-state index in [0.717, 1.165) is 31.6 Å². The summed E-state index contributed by atoms with van der Waals surface area (Å²) in [6.45, 7) is 6.69. The van der Waals surface area contributed by atoms with Gasteiger partial charge in [0.15, 0.2) is 0 Å². The molecule has 0 bridgehead atoms. The molecule has 2 nitrogen and oxygen atoms in total. The third kappa shape index (κ3) is 3.42. The van der Waals surface area contributed by atoms with Crippen LogP contribution in [-0.4, -0.2) is 4.98 Å². The Morgan fingerprint density at radius 3 is 1.81 bits per heavy atom. The van der Waals surface area contributed by atoms with Crippen molar-refractivity contribution in [3.63, 3.8) is 0 Å². The van der Waals surface area contributed by atoms with Crippen molar-refractivity contribution in [3.8, 4) is 11.3 Å². The summed E-state index contributed by atoms with van der Waals surface area (Å²) in [5, 5.41) is 0. The van der Waals surface area contributed by atoms with Gasteiger partial charge in [0.25, 0.3) is 0 Å². The van der Waals surface area contributed by atoms with Gasteiger partial charge in [0, 0.05) is 19.9 Å². The summed E-state index contributed by atoms with van der Waals surface area (Å²) in [7, 11) is 0. The van der Waals surface area contributed by atoms with E-state index in [2.05, 4.69) is 130 Å². The maximum Gasteiger partial charge on any atom is 0.0706 e. The molecule has 0 spiro atoms. The Morgan fingerprint density at radius 2 is 1.26 bits per heavy atom. The van der Waals surface area contributed by atoms with E-state index >= 15 is 0 Å². The first-order chi connectivity index (χ1) is 14.9. The van der Waals surface area contributed by atoms with E-state index < -0.39 is 0 Å². The molecule has 0 amide bonds. The third-order valence-corrected chi connectivity index (χ3v) is 7.10. The zero-order chi connectivity index (χ0) is 21.8. The lowest BCUT2D eigenvalue weighted by molar-refractivity contribution is 0.631. The normalized spacial score (nSPS) is 14.2. The zero-order valence-corrected chi connectivity index (χ0v) is 20.8. The van der Waals surface area contributed by atoms with Crippen molar-refractivity contribution in [2.75, 3.05) is 4.90 Å². The van der Waals surface area contributed by atoms with Gasteiger partial charge >= 0.3 is 0 Å². The van der Waals surface area contributed by atoms with E-state index in [1.807, 2.05) is 6.07 Å². The SMILES string of the molecule is Cc1nc(-c2ccccc2)ccc1N1c2ccc(Br)cc2C(C)(C)c2cc(Br)ccc21. The number of hydrogen-bond donors (Lipinski definition) is 0. The van der Waals surface area contributed by atoms with Crippen molar-refractivity contribution in [1.82, 2.24) is 4.98 Å². The average molecular weight is 534 g/mol. The van der Waals surface area contributed by atoms with Crippen LogP contribution in [0.4, 0.5) is 17.1 Å². The number of pyridine rings is 1. The van der Waals surface area contributed by atoms with Gasteiger partial charge in [0.05, 0.1) is 28.5 Å². The van der Waals surface area contributed by atoms with Crippen molar-refractivity contribution < 1.29 is 0 Å². The quantitative estimate of drug-likeness (QED) is 0.256. The van der Waals surface area contributed by atoms with Crippen LogP contribution in [0.1, 0.15) is 30.7 Å². The monoisotopic (exact) mass is 532 g/mol. The summed E-state index contributed by atoms with van der Waals surface area (Å²) < 4.78 is 2.18. The summed E-state index contributed by atoms with van der Waals surface area (Å²) >= 11 is 7.36. The molecule has 4 aromatic rings. The van der Waals surface area contributed by atoms with E-state index in [1.165, 1.54) is 22.5 Å². The molecule has 0 aliphatic carbocycles. The molecule has 0 fully saturated rings. The molecule has 0 saturated carbocycles. The Labute approximate surface area is 200 Å². The molecule has 0 N–H and O–H groups in total. The van der Waals surface area contributed by atoms with Gasteiger partial charge in [-0.25, -0.2) is 0 Å². The fourth-order valence-corrected chi connectivity index (χ4v) is 5.22. The van der Waals surface area contributed by atoms with Gasteiger partial charge in [-0.05, 0) is 66.6 Å². The van der Waals surface area contributed by atoms with Gasteiger partial charge in [0.2, 0.25) is 0 Å². The summed E-state index contributed by atoms with van der Waals surface area (Å²) in [6.07, 6.45) is 0. The fraction of sp³-hybridized carbons (Fsp3) is 0.148. The molecule has 3 aromatic carbocycles. The topological polar surface area (TPSA) is 16.1 Å². The standard InChI is InChI=1S/C27H22Br2N2/c1-17-24(14-11-23(30-17)18-7-5-4-6-8-18)31-25-12-9-19(28)15-21(25)27(2,3)22-16-20(29)10-13-26(22)31/h4-16H,1-3H3. The number of halogens is 2. The molecule has 1 aromatic heterocycles. The molecule has 0 saturated heterocycles. The van der Waals surface area contributed by atoms with Crippen LogP contribution in [0, 0.1) is 6.92 Å². The predicted octanol–water partition coefficient (Wildman–Crippen LogP) is 8.69. The predicted molar refractivity (Wildman–Crippen MR) is 137 cm³/mol. The number of benzene rings is 3. The minimum absolute atomic E-state index is 0.125. The number of aromatic nitrogens is 1. The van der Waals surface area contributed by atoms with E-state index in [1.54, 1.807) is 0 Å². The van der Waals surface area contributed by atoms with Crippen LogP contribution in [0.5, 0.6) is 0 Å². The van der Waals surface area contributed by atoms with Gasteiger partial charge in [-0.1, -0.05) is 76.0 Å². The fourth-order valence-electron chi connectivity index (χ4n) is 4.50. The highest BCUT2D eigenvalue weighted by Gasteiger charge is 2.37. The van der Waals surface area contributed by atoms with Crippen molar-refractivity contribution in [1.29, 1.82) is 0 Å². The zero-order valence-electron chi connectivity index (χ0n) is 17.7. The minimum atomic E-state index is -0.125. The second kappa shape index (κ2) is 7.61. The van der Waals surface area contributed by atoms with E-state index in [0.29, 0.717) is 0 Å². The van der Waals surface area contributed by atoms with E-state index in [9.17, 15) is 0 Å². The second-order valence-electron chi connectivity index (χ2n) is 8.45. The number of hydrogen-bond acceptors (Lipinski definition) is 2. The summed E-state index contributed by atoms with van der Waals surface area (Å²) in [5.74, 6) is 0. The molecule has 2 heterocycles. The Morgan fingerprint density at radius 1 is 0.710 bits per heavy atom. The number of rotatable bonds is 2. The molecule has 31 heavy (non-hydrogen) atoms. The molecule has 4 heteroatoms. The second-order valence-corrected chi connectivity index (χ2v) is 10.3. The molecule has 1 aliphatic rings. The van der Waals surface area contributed by atoms with Crippen LogP contribution >= 0.6 is 31.9 Å². The molecular weight excluding hydrogens is 512 g/mol. The molecule has 0 atom stereocenters. The molecule has 154 valence electrons. The molecule has 1 aliphatic heterocycles. The van der Waals surface area contributed by atoms with Crippen LogP contribution in [0.25, 0.3) is 11.3 Å². The summed E-state index contributed by atoms with van der Waals surface area (Å²) in [6, 6.07) is 27.8. The maximum absolute atomic E-state index is 4.98. The maximum atomic E-state index is 4.98. The van der Waals surface area contributed by atoms with Gasteiger partial charge < -0.3 is 4.90 Å². The van der Waals surface area contributed by atoms with Crippen molar-refractivity contribution >= 4 is 48.9 Å². The van der Waals surface area contributed by atoms with Crippen LogP contribution in [0.3, 0.4) is 0 Å². The first-order valence-corrected chi connectivity index (χ1v) is 11.9. The Kier molecular flexibility index (Phi) is 5.03. The highest BCUT2D eigenvalue weighted by molar-refractivity contribution is 9.10. The largest absolute Gasteiger partial charge is 0.308 e. The number of anilines is 3. The van der Waals surface area contributed by atoms with Crippen molar-refractivity contribution in [2.24, 2.45) is 0 Å². The van der Waals surface area contributed by atoms with Crippen LogP contribution in [0.15, 0.2) is 87.8 Å². The first-order valence-electron chi connectivity index (χ1n) is 10.3. The van der Waals surface area contributed by atoms with E-state index in [4.69, 9.17) is 4.98 Å². The van der Waals surface area contributed by atoms with Crippen LogP contribution in [0.2, 0.25) is 0 Å². The van der Waals surface area contributed by atoms with Gasteiger partial charge in [0.1, 0.15) is 0 Å². The number of aryl methyl sites for hydroxylation is 1. The molecular formula is C27H22Br2N2. The van der Waals surface area contributed by atoms with Crippen molar-refractivity contribution in [3.05, 3.63) is 105 Å². The lowest BCUT2D eigenvalue weighted by Gasteiger charge is -2.42. The highest BCUT2D eigenvalue weighted by atomic mass is 79.9. The lowest BCUT2D eigenvalue weighted by Crippen LogP contribution is -2.31.